The number of aliphatic hydroxyl groups excluding tert-OH is 1. The van der Waals surface area contributed by atoms with Crippen molar-refractivity contribution in [2.24, 2.45) is 0 Å². The molecule has 0 bridgehead atoms. The summed E-state index contributed by atoms with van der Waals surface area (Å²) in [5.74, 6) is -0.117. The minimum atomic E-state index is -0.555. The van der Waals surface area contributed by atoms with E-state index in [1.807, 2.05) is 55.5 Å². The first-order chi connectivity index (χ1) is 10.2. The Bertz CT molecular complexity index is 666. The summed E-state index contributed by atoms with van der Waals surface area (Å²) in [4.78, 5) is 12.5. The normalized spacial score (nSPS) is 20.1. The minimum Gasteiger partial charge on any atom is -0.390 e. The monoisotopic (exact) mass is 281 g/mol. The van der Waals surface area contributed by atoms with Crippen molar-refractivity contribution in [1.29, 1.82) is 0 Å². The molecule has 3 rings (SSSR count). The van der Waals surface area contributed by atoms with Gasteiger partial charge < -0.3 is 10.4 Å². The molecule has 0 aromatic heterocycles. The molecule has 0 spiro atoms. The van der Waals surface area contributed by atoms with E-state index in [1.54, 1.807) is 0 Å². The number of hydrogen-bond donors (Lipinski definition) is 2. The Hall–Kier alpha value is -2.13. The molecule has 0 fully saturated rings. The van der Waals surface area contributed by atoms with Gasteiger partial charge >= 0.3 is 0 Å². The Morgan fingerprint density at radius 3 is 2.71 bits per heavy atom. The largest absolute Gasteiger partial charge is 0.390 e. The van der Waals surface area contributed by atoms with Crippen molar-refractivity contribution < 1.29 is 9.90 Å². The first kappa shape index (κ1) is 13.8. The van der Waals surface area contributed by atoms with Gasteiger partial charge in [-0.3, -0.25) is 4.79 Å². The van der Waals surface area contributed by atoms with Gasteiger partial charge in [-0.25, -0.2) is 0 Å². The summed E-state index contributed by atoms with van der Waals surface area (Å²) in [5, 5.41) is 13.2. The number of carbonyl (C=O) groups is 1. The second-order valence-electron chi connectivity index (χ2n) is 5.43. The third-order valence-electron chi connectivity index (χ3n) is 4.13. The molecule has 108 valence electrons. The number of rotatable bonds is 3. The molecule has 1 aliphatic carbocycles. The van der Waals surface area contributed by atoms with Crippen LogP contribution in [0.15, 0.2) is 48.5 Å². The van der Waals surface area contributed by atoms with Gasteiger partial charge in [0.2, 0.25) is 0 Å². The molecule has 0 saturated heterocycles. The molecule has 1 amide bonds. The van der Waals surface area contributed by atoms with Crippen molar-refractivity contribution in [2.45, 2.75) is 31.9 Å². The minimum absolute atomic E-state index is 0.117. The molecule has 2 aromatic carbocycles. The van der Waals surface area contributed by atoms with Crippen molar-refractivity contribution in [2.75, 3.05) is 0 Å². The summed E-state index contributed by atoms with van der Waals surface area (Å²) in [5.41, 5.74) is 3.85. The van der Waals surface area contributed by atoms with Crippen LogP contribution in [0.2, 0.25) is 0 Å². The molecular weight excluding hydrogens is 262 g/mol. The lowest BCUT2D eigenvalue weighted by molar-refractivity contribution is 0.0857. The Kier molecular flexibility index (Phi) is 3.76. The van der Waals surface area contributed by atoms with Crippen molar-refractivity contribution in [3.63, 3.8) is 0 Å². The number of amides is 1. The lowest BCUT2D eigenvalue weighted by Gasteiger charge is -2.19. The average molecular weight is 281 g/mol. The molecule has 2 N–H and O–H groups in total. The third kappa shape index (κ3) is 2.57. The van der Waals surface area contributed by atoms with Crippen LogP contribution >= 0.6 is 0 Å². The maximum atomic E-state index is 12.5. The summed E-state index contributed by atoms with van der Waals surface area (Å²) >= 11 is 0. The van der Waals surface area contributed by atoms with Crippen molar-refractivity contribution in [1.82, 2.24) is 5.32 Å². The number of aliphatic hydroxyl groups is 1. The van der Waals surface area contributed by atoms with Gasteiger partial charge in [0.05, 0.1) is 12.1 Å². The zero-order chi connectivity index (χ0) is 14.8. The molecule has 0 saturated carbocycles. The van der Waals surface area contributed by atoms with Crippen LogP contribution in [0.3, 0.4) is 0 Å². The number of fused-ring (bicyclic) bond motifs is 1. The van der Waals surface area contributed by atoms with Gasteiger partial charge in [0.1, 0.15) is 0 Å². The average Bonchev–Trinajstić information content (AvgIpc) is 2.83. The summed E-state index contributed by atoms with van der Waals surface area (Å²) in [6, 6.07) is 15.2. The van der Waals surface area contributed by atoms with Gasteiger partial charge in [0.25, 0.3) is 5.91 Å². The van der Waals surface area contributed by atoms with E-state index in [0.717, 1.165) is 23.1 Å². The second kappa shape index (κ2) is 5.70. The summed E-state index contributed by atoms with van der Waals surface area (Å²) < 4.78 is 0. The van der Waals surface area contributed by atoms with Crippen LogP contribution in [-0.4, -0.2) is 17.1 Å². The van der Waals surface area contributed by atoms with Crippen molar-refractivity contribution in [3.8, 4) is 0 Å². The zero-order valence-corrected chi connectivity index (χ0v) is 12.0. The fourth-order valence-electron chi connectivity index (χ4n) is 3.02. The van der Waals surface area contributed by atoms with Crippen molar-refractivity contribution >= 4 is 5.91 Å². The molecule has 0 unspecified atom stereocenters. The topological polar surface area (TPSA) is 49.3 Å². The summed E-state index contributed by atoms with van der Waals surface area (Å²) in [7, 11) is 0. The van der Waals surface area contributed by atoms with Crippen LogP contribution < -0.4 is 5.32 Å². The zero-order valence-electron chi connectivity index (χ0n) is 12.0. The van der Waals surface area contributed by atoms with E-state index in [-0.39, 0.29) is 11.9 Å². The van der Waals surface area contributed by atoms with Gasteiger partial charge in [-0.1, -0.05) is 49.4 Å². The molecule has 3 heteroatoms. The van der Waals surface area contributed by atoms with Gasteiger partial charge in [-0.15, -0.1) is 0 Å². The quantitative estimate of drug-likeness (QED) is 0.908. The Labute approximate surface area is 124 Å². The van der Waals surface area contributed by atoms with E-state index in [4.69, 9.17) is 0 Å². The first-order valence-corrected chi connectivity index (χ1v) is 7.35. The van der Waals surface area contributed by atoms with Crippen LogP contribution in [0.1, 0.15) is 40.0 Å². The van der Waals surface area contributed by atoms with Gasteiger partial charge in [-0.05, 0) is 29.2 Å². The number of nitrogens with one attached hydrogen (secondary N) is 1. The number of aryl methyl sites for hydroxylation is 1. The first-order valence-electron chi connectivity index (χ1n) is 7.35. The van der Waals surface area contributed by atoms with Crippen LogP contribution in [0.4, 0.5) is 0 Å². The van der Waals surface area contributed by atoms with E-state index < -0.39 is 6.10 Å². The predicted octanol–water partition coefficient (Wildman–Crippen LogP) is 2.64. The Morgan fingerprint density at radius 2 is 1.90 bits per heavy atom. The fourth-order valence-corrected chi connectivity index (χ4v) is 3.02. The maximum Gasteiger partial charge on any atom is 0.252 e. The highest BCUT2D eigenvalue weighted by Gasteiger charge is 2.32. The van der Waals surface area contributed by atoms with E-state index >= 15 is 0 Å². The van der Waals surface area contributed by atoms with E-state index in [1.165, 1.54) is 0 Å². The molecular formula is C18H19NO2. The highest BCUT2D eigenvalue weighted by molar-refractivity contribution is 5.96. The summed E-state index contributed by atoms with van der Waals surface area (Å²) in [6.07, 6.45) is 0.851. The van der Waals surface area contributed by atoms with E-state index in [9.17, 15) is 9.90 Å². The smallest absolute Gasteiger partial charge is 0.252 e. The lowest BCUT2D eigenvalue weighted by atomic mass is 10.0. The molecule has 21 heavy (non-hydrogen) atoms. The van der Waals surface area contributed by atoms with Gasteiger partial charge in [-0.2, -0.15) is 0 Å². The number of hydrogen-bond acceptors (Lipinski definition) is 2. The highest BCUT2D eigenvalue weighted by atomic mass is 16.3. The molecule has 0 aliphatic heterocycles. The number of carbonyl (C=O) groups excluding carboxylic acids is 1. The maximum absolute atomic E-state index is 12.5. The SMILES string of the molecule is CCc1ccccc1C(=O)N[C@@H]1c2ccccc2C[C@@H]1O. The molecule has 2 atom stereocenters. The second-order valence-corrected chi connectivity index (χ2v) is 5.43. The van der Waals surface area contributed by atoms with Crippen LogP contribution in [0.25, 0.3) is 0 Å². The van der Waals surface area contributed by atoms with Crippen LogP contribution in [-0.2, 0) is 12.8 Å². The molecule has 3 nitrogen and oxygen atoms in total. The van der Waals surface area contributed by atoms with Crippen molar-refractivity contribution in [3.05, 3.63) is 70.8 Å². The van der Waals surface area contributed by atoms with E-state index in [0.29, 0.717) is 12.0 Å². The van der Waals surface area contributed by atoms with Gasteiger partial charge in [0, 0.05) is 12.0 Å². The van der Waals surface area contributed by atoms with Crippen LogP contribution in [0, 0.1) is 0 Å². The Morgan fingerprint density at radius 1 is 1.19 bits per heavy atom. The van der Waals surface area contributed by atoms with E-state index in [2.05, 4.69) is 5.32 Å². The molecule has 0 radical (unpaired) electrons. The van der Waals surface area contributed by atoms with Crippen LogP contribution in [0.5, 0.6) is 0 Å². The summed E-state index contributed by atoms with van der Waals surface area (Å²) in [6.45, 7) is 2.03. The molecule has 2 aromatic rings. The molecule has 1 aliphatic rings. The van der Waals surface area contributed by atoms with Gasteiger partial charge in [0.15, 0.2) is 0 Å². The third-order valence-corrected chi connectivity index (χ3v) is 4.13. The Balaban J connectivity index is 1.85. The fraction of sp³-hybridized carbons (Fsp3) is 0.278. The number of benzene rings is 2. The lowest BCUT2D eigenvalue weighted by Crippen LogP contribution is -2.34. The predicted molar refractivity (Wildman–Crippen MR) is 82.2 cm³/mol. The molecule has 0 heterocycles. The standard InChI is InChI=1S/C18H19NO2/c1-2-12-7-3-6-10-15(12)18(21)19-17-14-9-5-4-8-13(14)11-16(17)20/h3-10,16-17,20H,2,11H2,1H3,(H,19,21)/t16-,17+/m0/s1. The highest BCUT2D eigenvalue weighted by Crippen LogP contribution is 2.31.